The van der Waals surface area contributed by atoms with E-state index < -0.39 is 6.04 Å². The second-order valence-electron chi connectivity index (χ2n) is 11.0. The van der Waals surface area contributed by atoms with Gasteiger partial charge in [-0.1, -0.05) is 13.0 Å². The molecular formula is C29H32FN5O3. The second-order valence-corrected chi connectivity index (χ2v) is 11.0. The number of ketones is 1. The van der Waals surface area contributed by atoms with E-state index in [-0.39, 0.29) is 48.0 Å². The summed E-state index contributed by atoms with van der Waals surface area (Å²) in [6.07, 6.45) is 6.59. The van der Waals surface area contributed by atoms with E-state index in [1.807, 2.05) is 25.1 Å². The van der Waals surface area contributed by atoms with Crippen LogP contribution in [0.1, 0.15) is 56.7 Å². The molecule has 0 bridgehead atoms. The number of rotatable bonds is 7. The summed E-state index contributed by atoms with van der Waals surface area (Å²) in [7, 11) is 0. The number of nitrogens with zero attached hydrogens (tertiary/aromatic N) is 4. The quantitative estimate of drug-likeness (QED) is 0.470. The van der Waals surface area contributed by atoms with Gasteiger partial charge >= 0.3 is 0 Å². The summed E-state index contributed by atoms with van der Waals surface area (Å²) in [4.78, 5) is 49.3. The number of Topliss-reactive ketones (excluding diaryl/α,β-unsaturated/α-hetero) is 1. The van der Waals surface area contributed by atoms with Gasteiger partial charge in [0.2, 0.25) is 11.8 Å². The average molecular weight is 518 g/mol. The van der Waals surface area contributed by atoms with Crippen molar-refractivity contribution in [1.29, 1.82) is 0 Å². The van der Waals surface area contributed by atoms with Crippen molar-refractivity contribution in [3.63, 3.8) is 0 Å². The molecule has 5 rings (SSSR count). The Balaban J connectivity index is 1.42. The lowest BCUT2D eigenvalue weighted by molar-refractivity contribution is -0.140. The van der Waals surface area contributed by atoms with E-state index in [2.05, 4.69) is 22.2 Å². The molecular weight excluding hydrogens is 485 g/mol. The predicted molar refractivity (Wildman–Crippen MR) is 142 cm³/mol. The number of piperidine rings is 1. The number of allylic oxidation sites excluding steroid dienone is 1. The Bertz CT molecular complexity index is 1490. The van der Waals surface area contributed by atoms with Crippen molar-refractivity contribution in [3.05, 3.63) is 59.6 Å². The highest BCUT2D eigenvalue weighted by Gasteiger charge is 2.64. The number of carbonyl (C=O) groups excluding carboxylic acids is 3. The third-order valence-electron chi connectivity index (χ3n) is 7.87. The Labute approximate surface area is 220 Å². The molecule has 1 aromatic carbocycles. The molecule has 0 radical (unpaired) electrons. The Kier molecular flexibility index (Phi) is 6.41. The van der Waals surface area contributed by atoms with Crippen LogP contribution in [-0.4, -0.2) is 55.7 Å². The van der Waals surface area contributed by atoms with E-state index in [0.717, 1.165) is 28.5 Å². The van der Waals surface area contributed by atoms with Gasteiger partial charge in [-0.2, -0.15) is 0 Å². The molecule has 1 saturated carbocycles. The first-order chi connectivity index (χ1) is 18.0. The molecule has 2 aliphatic rings. The number of amides is 2. The first-order valence-corrected chi connectivity index (χ1v) is 12.8. The van der Waals surface area contributed by atoms with Gasteiger partial charge in [-0.15, -0.1) is 0 Å². The molecule has 3 heterocycles. The number of hydrogen-bond donors (Lipinski definition) is 1. The summed E-state index contributed by atoms with van der Waals surface area (Å²) in [6, 6.07) is 5.08. The molecule has 1 N–H and O–H groups in total. The zero-order chi connectivity index (χ0) is 27.4. The molecule has 0 unspecified atom stereocenters. The first kappa shape index (κ1) is 25.8. The highest BCUT2D eigenvalue weighted by Crippen LogP contribution is 2.59. The van der Waals surface area contributed by atoms with Crippen LogP contribution in [0.25, 0.3) is 22.0 Å². The van der Waals surface area contributed by atoms with Crippen LogP contribution in [0.15, 0.2) is 48.2 Å². The van der Waals surface area contributed by atoms with Crippen LogP contribution >= 0.6 is 0 Å². The van der Waals surface area contributed by atoms with Crippen molar-refractivity contribution in [2.45, 2.75) is 66.1 Å². The molecule has 0 spiro atoms. The molecule has 9 heteroatoms. The lowest BCUT2D eigenvalue weighted by Gasteiger charge is -2.27. The Morgan fingerprint density at radius 2 is 1.82 bits per heavy atom. The maximum absolute atomic E-state index is 14.0. The van der Waals surface area contributed by atoms with Crippen LogP contribution in [0.2, 0.25) is 0 Å². The fourth-order valence-corrected chi connectivity index (χ4v) is 5.48. The van der Waals surface area contributed by atoms with Crippen LogP contribution in [0.4, 0.5) is 4.39 Å². The smallest absolute Gasteiger partial charge is 0.243 e. The number of aryl methyl sites for hydroxylation is 1. The van der Waals surface area contributed by atoms with Crippen molar-refractivity contribution >= 4 is 28.5 Å². The van der Waals surface area contributed by atoms with Gasteiger partial charge in [0, 0.05) is 46.7 Å². The van der Waals surface area contributed by atoms with Crippen molar-refractivity contribution < 1.29 is 18.8 Å². The largest absolute Gasteiger partial charge is 0.348 e. The van der Waals surface area contributed by atoms with E-state index >= 15 is 0 Å². The molecule has 3 aromatic rings. The van der Waals surface area contributed by atoms with Crippen LogP contribution in [0.5, 0.6) is 0 Å². The van der Waals surface area contributed by atoms with Gasteiger partial charge in [-0.3, -0.25) is 14.4 Å². The minimum Gasteiger partial charge on any atom is -0.348 e. The first-order valence-electron chi connectivity index (χ1n) is 12.8. The molecule has 1 aliphatic carbocycles. The van der Waals surface area contributed by atoms with Crippen LogP contribution in [0.3, 0.4) is 0 Å². The van der Waals surface area contributed by atoms with E-state index in [0.29, 0.717) is 23.4 Å². The number of halogens is 1. The molecule has 2 fully saturated rings. The Morgan fingerprint density at radius 3 is 2.47 bits per heavy atom. The summed E-state index contributed by atoms with van der Waals surface area (Å²) < 4.78 is 15.8. The maximum Gasteiger partial charge on any atom is 0.243 e. The van der Waals surface area contributed by atoms with Gasteiger partial charge in [0.15, 0.2) is 5.78 Å². The maximum atomic E-state index is 14.0. The van der Waals surface area contributed by atoms with Gasteiger partial charge in [-0.25, -0.2) is 14.4 Å². The van der Waals surface area contributed by atoms with Gasteiger partial charge in [0.25, 0.3) is 0 Å². The number of fused-ring (bicyclic) bond motifs is 2. The highest BCUT2D eigenvalue weighted by atomic mass is 19.1. The summed E-state index contributed by atoms with van der Waals surface area (Å²) >= 11 is 0. The number of nitrogens with one attached hydrogen (secondary N) is 1. The highest BCUT2D eigenvalue weighted by molar-refractivity contribution is 6.08. The Morgan fingerprint density at radius 1 is 1.11 bits per heavy atom. The van der Waals surface area contributed by atoms with E-state index in [1.54, 1.807) is 41.9 Å². The van der Waals surface area contributed by atoms with Crippen molar-refractivity contribution in [1.82, 2.24) is 24.8 Å². The molecule has 1 aliphatic heterocycles. The predicted octanol–water partition coefficient (Wildman–Crippen LogP) is 4.37. The number of benzene rings is 1. The van der Waals surface area contributed by atoms with Gasteiger partial charge in [0.05, 0.1) is 6.54 Å². The number of likely N-dealkylation sites (tertiary alicyclic amines) is 1. The fourth-order valence-electron chi connectivity index (χ4n) is 5.48. The fraction of sp³-hybridized carbons (Fsp3) is 0.414. The minimum absolute atomic E-state index is 0.00450. The average Bonchev–Trinajstić information content (AvgIpc) is 3.24. The number of aromatic nitrogens is 3. The molecule has 8 nitrogen and oxygen atoms in total. The van der Waals surface area contributed by atoms with Crippen LogP contribution in [-0.2, 0) is 16.1 Å². The summed E-state index contributed by atoms with van der Waals surface area (Å²) in [6.45, 7) is 8.52. The number of hydrogen-bond acceptors (Lipinski definition) is 5. The monoisotopic (exact) mass is 517 g/mol. The molecule has 2 aromatic heterocycles. The zero-order valence-corrected chi connectivity index (χ0v) is 22.3. The molecule has 198 valence electrons. The summed E-state index contributed by atoms with van der Waals surface area (Å²) in [5, 5.41) is 3.40. The third kappa shape index (κ3) is 4.61. The summed E-state index contributed by atoms with van der Waals surface area (Å²) in [5.74, 6) is -0.339. The van der Waals surface area contributed by atoms with E-state index in [4.69, 9.17) is 0 Å². The summed E-state index contributed by atoms with van der Waals surface area (Å²) in [5.41, 5.74) is 3.40. The molecule has 1 saturated heterocycles. The Hall–Kier alpha value is -3.88. The SMILES string of the molecule is CC(=O)c1cn(CC(=O)N2[C@H](C(=O)NCC(F)=C(C)C)C[C@@]3(C)C[C@@H]23)c2ccc(-c3cnc(C)nc3)cc12. The van der Waals surface area contributed by atoms with Crippen molar-refractivity contribution in [2.75, 3.05) is 6.54 Å². The van der Waals surface area contributed by atoms with Crippen molar-refractivity contribution in [2.24, 2.45) is 5.41 Å². The van der Waals surface area contributed by atoms with Gasteiger partial charge < -0.3 is 14.8 Å². The van der Waals surface area contributed by atoms with Gasteiger partial charge in [0.1, 0.15) is 24.2 Å². The second kappa shape index (κ2) is 9.45. The number of carbonyl (C=O) groups is 3. The van der Waals surface area contributed by atoms with E-state index in [9.17, 15) is 18.8 Å². The van der Waals surface area contributed by atoms with Crippen LogP contribution in [0, 0.1) is 12.3 Å². The van der Waals surface area contributed by atoms with Gasteiger partial charge in [-0.05, 0) is 69.2 Å². The van der Waals surface area contributed by atoms with Crippen molar-refractivity contribution in [3.8, 4) is 11.1 Å². The molecule has 3 atom stereocenters. The normalized spacial score (nSPS) is 21.8. The lowest BCUT2D eigenvalue weighted by Crippen LogP contribution is -2.49. The molecule has 38 heavy (non-hydrogen) atoms. The zero-order valence-electron chi connectivity index (χ0n) is 22.3. The third-order valence-corrected chi connectivity index (χ3v) is 7.87. The van der Waals surface area contributed by atoms with E-state index in [1.165, 1.54) is 6.92 Å². The minimum atomic E-state index is -0.640. The van der Waals surface area contributed by atoms with Crippen LogP contribution < -0.4 is 5.32 Å². The standard InChI is InChI=1S/C29H32FN5O3/c1-16(2)23(30)13-33-28(38)25-9-29(5)10-26(29)35(25)27(37)15-34-14-22(17(3)36)21-8-19(6-7-24(21)34)20-11-31-18(4)32-12-20/h6-8,11-12,14,25-26H,9-10,13,15H2,1-5H3,(H,33,38)/t25-,26+,29-/m0/s1. The topological polar surface area (TPSA) is 97.2 Å². The lowest BCUT2D eigenvalue weighted by atomic mass is 10.0. The molecule has 2 amide bonds.